The van der Waals surface area contributed by atoms with Gasteiger partial charge in [0.05, 0.1) is 44.4 Å². The van der Waals surface area contributed by atoms with Gasteiger partial charge in [0.25, 0.3) is 11.7 Å². The van der Waals surface area contributed by atoms with E-state index < -0.39 is 5.91 Å². The Hall–Kier alpha value is -9.26. The van der Waals surface area contributed by atoms with E-state index in [1.54, 1.807) is 0 Å². The fraction of sp³-hybridized carbons (Fsp3) is 0.0159. The van der Waals surface area contributed by atoms with Crippen molar-refractivity contribution in [2.24, 2.45) is 9.98 Å². The summed E-state index contributed by atoms with van der Waals surface area (Å²) in [4.78, 5) is 12.0. The zero-order valence-electron chi connectivity index (χ0n) is 36.8. The zero-order valence-corrected chi connectivity index (χ0v) is 36.8. The van der Waals surface area contributed by atoms with Gasteiger partial charge in [-0.15, -0.1) is 9.15 Å². The highest BCUT2D eigenvalue weighted by molar-refractivity contribution is 6.35. The molecule has 6 nitrogen and oxygen atoms in total. The number of aromatic nitrogens is 2. The summed E-state index contributed by atoms with van der Waals surface area (Å²) in [6, 6.07) is 76.7. The summed E-state index contributed by atoms with van der Waals surface area (Å²) >= 11 is 0. The fourth-order valence-electron chi connectivity index (χ4n) is 13.2. The maximum atomic E-state index is 6.00. The summed E-state index contributed by atoms with van der Waals surface area (Å²) < 4.78 is 10.5. The Labute approximate surface area is 393 Å². The zero-order chi connectivity index (χ0) is 44.4. The molecular formula is C63H34N6+2. The first-order valence-electron chi connectivity index (χ1n) is 23.8. The predicted molar refractivity (Wildman–Crippen MR) is 277 cm³/mol. The molecule has 12 aromatic rings. The smallest absolute Gasteiger partial charge is 0.195 e. The lowest BCUT2D eigenvalue weighted by Crippen LogP contribution is -2.71. The van der Waals surface area contributed by atoms with Crippen molar-refractivity contribution in [1.29, 1.82) is 0 Å². The van der Waals surface area contributed by atoms with Crippen LogP contribution in [0.5, 0.6) is 0 Å². The number of hydrogen-bond donors (Lipinski definition) is 0. The lowest BCUT2D eigenvalue weighted by molar-refractivity contribution is -0.798. The van der Waals surface area contributed by atoms with Crippen LogP contribution in [0.3, 0.4) is 0 Å². The molecule has 69 heavy (non-hydrogen) atoms. The molecule has 6 aliphatic rings. The Balaban J connectivity index is 1.18. The van der Waals surface area contributed by atoms with Crippen molar-refractivity contribution in [2.75, 3.05) is 0 Å². The Morgan fingerprint density at radius 2 is 0.855 bits per heavy atom. The summed E-state index contributed by atoms with van der Waals surface area (Å²) in [6.07, 6.45) is 0. The van der Waals surface area contributed by atoms with Crippen molar-refractivity contribution >= 4 is 105 Å². The molecular weight excluding hydrogens is 841 g/mol. The first-order chi connectivity index (χ1) is 34.2. The van der Waals surface area contributed by atoms with Crippen LogP contribution in [0.4, 0.5) is 5.82 Å². The van der Waals surface area contributed by atoms with Crippen LogP contribution in [0.15, 0.2) is 216 Å². The van der Waals surface area contributed by atoms with E-state index in [0.717, 1.165) is 67.0 Å². The van der Waals surface area contributed by atoms with Crippen molar-refractivity contribution in [3.63, 3.8) is 0 Å². The van der Waals surface area contributed by atoms with E-state index in [1.165, 1.54) is 87.5 Å². The van der Waals surface area contributed by atoms with Crippen LogP contribution >= 0.6 is 0 Å². The van der Waals surface area contributed by atoms with Crippen LogP contribution in [-0.4, -0.2) is 35.7 Å². The van der Waals surface area contributed by atoms with Crippen molar-refractivity contribution in [3.8, 4) is 0 Å². The van der Waals surface area contributed by atoms with Crippen LogP contribution in [0.25, 0.3) is 81.5 Å². The Bertz CT molecular complexity index is 4810. The third kappa shape index (κ3) is 3.95. The van der Waals surface area contributed by atoms with E-state index >= 15 is 0 Å². The first kappa shape index (κ1) is 35.0. The number of hydrogen-bond acceptors (Lipinski definition) is 2. The maximum Gasteiger partial charge on any atom is 0.482 e. The summed E-state index contributed by atoms with van der Waals surface area (Å²) in [5.41, 5.74) is 13.7. The molecule has 1 unspecified atom stereocenters. The van der Waals surface area contributed by atoms with Crippen molar-refractivity contribution < 1.29 is 9.15 Å². The molecule has 0 amide bonds. The summed E-state index contributed by atoms with van der Waals surface area (Å²) in [5, 5.41) is 15.3. The van der Waals surface area contributed by atoms with Gasteiger partial charge in [-0.2, -0.15) is 9.13 Å². The average molecular weight is 875 g/mol. The standard InChI is InChI=1S/C63H34N6/c1-3-15-35(16-4-1)53-55-45-27-37-19-7-8-20-38(37)28-46(45)56-54(36-17-5-2-6-18-36)58-48-30-40-22-10-12-24-42(40)32-50(48)60-65-62-52-34-44-26-14-13-25-43(44)33-51(52)61-64-59-49-31-41-23-11-9-21-39(41)29-47(49)57(53)67(59)63(66(55)56,68(58)60)69(61)62/h1-34H/q+2. The fourth-order valence-corrected chi connectivity index (χ4v) is 13.2. The molecule has 0 aliphatic carbocycles. The molecule has 1 atom stereocenters. The summed E-state index contributed by atoms with van der Waals surface area (Å²) in [7, 11) is 0. The monoisotopic (exact) mass is 874 g/mol. The number of amidine groups is 2. The lowest BCUT2D eigenvalue weighted by atomic mass is 9.89. The van der Waals surface area contributed by atoms with E-state index in [0.29, 0.717) is 0 Å². The third-order valence-corrected chi connectivity index (χ3v) is 16.0. The first-order valence-corrected chi connectivity index (χ1v) is 23.8. The second-order valence-corrected chi connectivity index (χ2v) is 19.3. The average Bonchev–Trinajstić information content (AvgIpc) is 4.11. The van der Waals surface area contributed by atoms with Crippen molar-refractivity contribution in [2.45, 2.75) is 5.91 Å². The van der Waals surface area contributed by atoms with Crippen LogP contribution in [-0.2, 0) is 5.91 Å². The van der Waals surface area contributed by atoms with E-state index in [2.05, 4.69) is 225 Å². The summed E-state index contributed by atoms with van der Waals surface area (Å²) in [6.45, 7) is 0. The molecule has 1 spiro atoms. The molecule has 0 N–H and O–H groups in total. The SMILES string of the molecule is c1ccc(C2=C3c4cc5ccccc5cc4C4=[N+]3C35n6c(c7cc8ccccc8cc7c62)N=C2c6cc7ccccc7cc6C(=[N+]23)N=c2c3cc6ccccc6cc3c(n25)=C4c2ccccc2)cc1. The second-order valence-electron chi connectivity index (χ2n) is 19.3. The van der Waals surface area contributed by atoms with E-state index in [1.807, 2.05) is 0 Å². The highest BCUT2D eigenvalue weighted by atomic mass is 15.7. The quantitative estimate of drug-likeness (QED) is 0.155. The topological polar surface area (TPSA) is 40.6 Å². The van der Waals surface area contributed by atoms with Crippen LogP contribution < -0.4 is 10.8 Å². The second kappa shape index (κ2) is 11.8. The predicted octanol–water partition coefficient (Wildman–Crippen LogP) is 11.8. The van der Waals surface area contributed by atoms with Gasteiger partial charge < -0.3 is 0 Å². The number of aliphatic imine (C=N–C) groups is 1. The Kier molecular flexibility index (Phi) is 5.99. The van der Waals surface area contributed by atoms with Gasteiger partial charge in [-0.05, 0) is 103 Å². The summed E-state index contributed by atoms with van der Waals surface area (Å²) in [5.74, 6) is 1.66. The molecule has 18 rings (SSSR count). The van der Waals surface area contributed by atoms with Gasteiger partial charge in [-0.3, -0.25) is 0 Å². The van der Waals surface area contributed by atoms with Crippen molar-refractivity contribution in [1.82, 2.24) is 9.13 Å². The van der Waals surface area contributed by atoms with E-state index in [9.17, 15) is 0 Å². The molecule has 8 heterocycles. The number of benzene rings is 10. The van der Waals surface area contributed by atoms with Gasteiger partial charge in [-0.1, -0.05) is 168 Å². The molecule has 10 aromatic carbocycles. The minimum absolute atomic E-state index is 0.909. The Morgan fingerprint density at radius 1 is 0.377 bits per heavy atom. The molecule has 0 bridgehead atoms. The molecule has 6 aliphatic heterocycles. The highest BCUT2D eigenvalue weighted by Crippen LogP contribution is 2.58. The molecule has 0 saturated carbocycles. The molecule has 0 fully saturated rings. The molecule has 314 valence electrons. The van der Waals surface area contributed by atoms with Gasteiger partial charge in [0.1, 0.15) is 0 Å². The maximum absolute atomic E-state index is 6.00. The van der Waals surface area contributed by atoms with E-state index in [-0.39, 0.29) is 0 Å². The highest BCUT2D eigenvalue weighted by Gasteiger charge is 2.73. The largest absolute Gasteiger partial charge is 0.482 e. The van der Waals surface area contributed by atoms with Crippen LogP contribution in [0, 0.1) is 0 Å². The number of fused-ring (bicyclic) bond motifs is 16. The third-order valence-electron chi connectivity index (χ3n) is 16.0. The molecule has 0 saturated heterocycles. The Morgan fingerprint density at radius 3 is 1.46 bits per heavy atom. The van der Waals surface area contributed by atoms with Crippen LogP contribution in [0.1, 0.15) is 39.1 Å². The van der Waals surface area contributed by atoms with Crippen molar-refractivity contribution in [3.05, 3.63) is 256 Å². The van der Waals surface area contributed by atoms with Crippen LogP contribution in [0.2, 0.25) is 0 Å². The van der Waals surface area contributed by atoms with Gasteiger partial charge in [0.15, 0.2) is 0 Å². The minimum Gasteiger partial charge on any atom is -0.195 e. The van der Waals surface area contributed by atoms with Gasteiger partial charge in [0.2, 0.25) is 22.7 Å². The van der Waals surface area contributed by atoms with E-state index in [4.69, 9.17) is 9.98 Å². The molecule has 6 heteroatoms. The van der Waals surface area contributed by atoms with Gasteiger partial charge >= 0.3 is 5.91 Å². The minimum atomic E-state index is -1.10. The van der Waals surface area contributed by atoms with Gasteiger partial charge in [-0.25, -0.2) is 0 Å². The molecule has 2 aromatic heterocycles. The molecule has 0 radical (unpaired) electrons. The number of nitrogens with zero attached hydrogens (tertiary/aromatic N) is 6. The lowest BCUT2D eigenvalue weighted by Gasteiger charge is -2.41. The van der Waals surface area contributed by atoms with Gasteiger partial charge in [0, 0.05) is 21.5 Å². The normalized spacial score (nSPS) is 17.6. The number of rotatable bonds is 2.